The van der Waals surface area contributed by atoms with Gasteiger partial charge in [-0.2, -0.15) is 0 Å². The van der Waals surface area contributed by atoms with Gasteiger partial charge in [0.25, 0.3) is 5.91 Å². The molecule has 2 heterocycles. The SMILES string of the molecule is CC(=O)Nc1ccc(-c2csc(NC(=O)c3cccc(CN4CCOCC4)c3)n2)cc1. The Morgan fingerprint density at radius 1 is 1.10 bits per heavy atom. The molecule has 0 atom stereocenters. The van der Waals surface area contributed by atoms with Crippen LogP contribution in [0.5, 0.6) is 0 Å². The van der Waals surface area contributed by atoms with Crippen LogP contribution >= 0.6 is 11.3 Å². The summed E-state index contributed by atoms with van der Waals surface area (Å²) >= 11 is 1.38. The molecule has 0 bridgehead atoms. The van der Waals surface area contributed by atoms with Crippen LogP contribution < -0.4 is 10.6 Å². The number of hydrogen-bond donors (Lipinski definition) is 2. The summed E-state index contributed by atoms with van der Waals surface area (Å²) in [5.41, 5.74) is 4.14. The standard InChI is InChI=1S/C23H24N4O3S/c1-16(28)24-20-7-5-18(6-8-20)21-15-31-23(25-21)26-22(29)19-4-2-3-17(13-19)14-27-9-11-30-12-10-27/h2-8,13,15H,9-12,14H2,1H3,(H,24,28)(H,25,26,29). The van der Waals surface area contributed by atoms with Gasteiger partial charge in [-0.3, -0.25) is 19.8 Å². The van der Waals surface area contributed by atoms with E-state index in [2.05, 4.69) is 20.5 Å². The molecule has 0 spiro atoms. The maximum Gasteiger partial charge on any atom is 0.257 e. The van der Waals surface area contributed by atoms with E-state index >= 15 is 0 Å². The molecule has 1 aliphatic rings. The zero-order valence-corrected chi connectivity index (χ0v) is 18.1. The first-order chi connectivity index (χ1) is 15.1. The summed E-state index contributed by atoms with van der Waals surface area (Å²) in [5, 5.41) is 8.08. The zero-order chi connectivity index (χ0) is 21.6. The van der Waals surface area contributed by atoms with Crippen LogP contribution in [0.25, 0.3) is 11.3 Å². The van der Waals surface area contributed by atoms with Crippen LogP contribution in [0.2, 0.25) is 0 Å². The molecule has 7 nitrogen and oxygen atoms in total. The van der Waals surface area contributed by atoms with E-state index in [-0.39, 0.29) is 11.8 Å². The number of anilines is 2. The number of benzene rings is 2. The first-order valence-electron chi connectivity index (χ1n) is 10.1. The number of nitrogens with one attached hydrogen (secondary N) is 2. The lowest BCUT2D eigenvalue weighted by atomic mass is 10.1. The number of amides is 2. The minimum absolute atomic E-state index is 0.111. The molecule has 0 radical (unpaired) electrons. The van der Waals surface area contributed by atoms with Gasteiger partial charge in [0.2, 0.25) is 5.91 Å². The molecule has 31 heavy (non-hydrogen) atoms. The number of morpholine rings is 1. The van der Waals surface area contributed by atoms with E-state index in [4.69, 9.17) is 4.74 Å². The van der Waals surface area contributed by atoms with Gasteiger partial charge in [-0.05, 0) is 29.8 Å². The van der Waals surface area contributed by atoms with Gasteiger partial charge in [0.1, 0.15) is 0 Å². The number of thiazole rings is 1. The Bertz CT molecular complexity index is 1060. The Balaban J connectivity index is 1.39. The van der Waals surface area contributed by atoms with Crippen LogP contribution in [0.15, 0.2) is 53.9 Å². The molecule has 3 aromatic rings. The number of hydrogen-bond acceptors (Lipinski definition) is 6. The minimum atomic E-state index is -0.175. The van der Waals surface area contributed by atoms with Crippen LogP contribution in [-0.2, 0) is 16.1 Å². The summed E-state index contributed by atoms with van der Waals surface area (Å²) < 4.78 is 5.39. The van der Waals surface area contributed by atoms with Crippen molar-refractivity contribution < 1.29 is 14.3 Å². The first kappa shape index (κ1) is 21.2. The summed E-state index contributed by atoms with van der Waals surface area (Å²) in [6.45, 7) is 5.60. The van der Waals surface area contributed by atoms with E-state index in [1.807, 2.05) is 53.9 Å². The van der Waals surface area contributed by atoms with Crippen molar-refractivity contribution >= 4 is 34.0 Å². The Morgan fingerprint density at radius 2 is 1.87 bits per heavy atom. The predicted octanol–water partition coefficient (Wildman–Crippen LogP) is 3.85. The van der Waals surface area contributed by atoms with E-state index in [1.165, 1.54) is 18.3 Å². The monoisotopic (exact) mass is 436 g/mol. The summed E-state index contributed by atoms with van der Waals surface area (Å²) in [7, 11) is 0. The minimum Gasteiger partial charge on any atom is -0.379 e. The van der Waals surface area contributed by atoms with Crippen molar-refractivity contribution in [3.05, 3.63) is 65.0 Å². The van der Waals surface area contributed by atoms with Gasteiger partial charge in [0, 0.05) is 48.8 Å². The van der Waals surface area contributed by atoms with Crippen molar-refractivity contribution in [3.8, 4) is 11.3 Å². The molecule has 0 aliphatic carbocycles. The summed E-state index contributed by atoms with van der Waals surface area (Å²) in [5.74, 6) is -0.286. The largest absolute Gasteiger partial charge is 0.379 e. The lowest BCUT2D eigenvalue weighted by molar-refractivity contribution is -0.114. The summed E-state index contributed by atoms with van der Waals surface area (Å²) in [4.78, 5) is 30.7. The second-order valence-electron chi connectivity index (χ2n) is 7.34. The number of nitrogens with zero attached hydrogens (tertiary/aromatic N) is 2. The quantitative estimate of drug-likeness (QED) is 0.613. The molecule has 2 amide bonds. The molecule has 8 heteroatoms. The van der Waals surface area contributed by atoms with E-state index in [0.717, 1.165) is 55.4 Å². The van der Waals surface area contributed by atoms with Crippen LogP contribution in [0.4, 0.5) is 10.8 Å². The third kappa shape index (κ3) is 5.75. The average molecular weight is 437 g/mol. The summed E-state index contributed by atoms with van der Waals surface area (Å²) in [6.07, 6.45) is 0. The van der Waals surface area contributed by atoms with Crippen molar-refractivity contribution in [1.29, 1.82) is 0 Å². The fourth-order valence-corrected chi connectivity index (χ4v) is 4.10. The second kappa shape index (κ2) is 9.82. The van der Waals surface area contributed by atoms with Gasteiger partial charge in [-0.25, -0.2) is 4.98 Å². The maximum absolute atomic E-state index is 12.7. The Kier molecular flexibility index (Phi) is 6.71. The lowest BCUT2D eigenvalue weighted by Gasteiger charge is -2.26. The van der Waals surface area contributed by atoms with Gasteiger partial charge in [-0.15, -0.1) is 11.3 Å². The molecule has 1 fully saturated rings. The van der Waals surface area contributed by atoms with Crippen LogP contribution in [0, 0.1) is 0 Å². The van der Waals surface area contributed by atoms with Crippen molar-refractivity contribution in [1.82, 2.24) is 9.88 Å². The topological polar surface area (TPSA) is 83.6 Å². The molecule has 0 unspecified atom stereocenters. The van der Waals surface area contributed by atoms with Gasteiger partial charge >= 0.3 is 0 Å². The fourth-order valence-electron chi connectivity index (χ4n) is 3.39. The fraction of sp³-hybridized carbons (Fsp3) is 0.261. The van der Waals surface area contributed by atoms with Crippen molar-refractivity contribution in [2.24, 2.45) is 0 Å². The van der Waals surface area contributed by atoms with Crippen molar-refractivity contribution in [2.45, 2.75) is 13.5 Å². The predicted molar refractivity (Wildman–Crippen MR) is 122 cm³/mol. The maximum atomic E-state index is 12.7. The highest BCUT2D eigenvalue weighted by Gasteiger charge is 2.14. The highest BCUT2D eigenvalue weighted by atomic mass is 32.1. The van der Waals surface area contributed by atoms with Gasteiger partial charge < -0.3 is 10.1 Å². The number of rotatable bonds is 6. The lowest BCUT2D eigenvalue weighted by Crippen LogP contribution is -2.35. The summed E-state index contributed by atoms with van der Waals surface area (Å²) in [6, 6.07) is 15.1. The Morgan fingerprint density at radius 3 is 2.61 bits per heavy atom. The van der Waals surface area contributed by atoms with E-state index in [1.54, 1.807) is 0 Å². The third-order valence-electron chi connectivity index (χ3n) is 4.92. The van der Waals surface area contributed by atoms with E-state index in [0.29, 0.717) is 10.7 Å². The van der Waals surface area contributed by atoms with Gasteiger partial charge in [0.15, 0.2) is 5.13 Å². The molecular weight excluding hydrogens is 412 g/mol. The van der Waals surface area contributed by atoms with Crippen LogP contribution in [-0.4, -0.2) is 48.0 Å². The molecule has 160 valence electrons. The first-order valence-corrected chi connectivity index (χ1v) is 11.0. The molecule has 1 saturated heterocycles. The average Bonchev–Trinajstić information content (AvgIpc) is 3.23. The molecule has 1 aliphatic heterocycles. The van der Waals surface area contributed by atoms with Crippen LogP contribution in [0.1, 0.15) is 22.8 Å². The number of ether oxygens (including phenoxy) is 1. The molecule has 2 aromatic carbocycles. The molecule has 1 aromatic heterocycles. The number of aromatic nitrogens is 1. The number of carbonyl (C=O) groups excluding carboxylic acids is 2. The molecular formula is C23H24N4O3S. The van der Waals surface area contributed by atoms with Crippen LogP contribution in [0.3, 0.4) is 0 Å². The van der Waals surface area contributed by atoms with E-state index in [9.17, 15) is 9.59 Å². The van der Waals surface area contributed by atoms with E-state index < -0.39 is 0 Å². The smallest absolute Gasteiger partial charge is 0.257 e. The highest BCUT2D eigenvalue weighted by Crippen LogP contribution is 2.26. The number of carbonyl (C=O) groups is 2. The molecule has 2 N–H and O–H groups in total. The Hall–Kier alpha value is -3.07. The normalized spacial score (nSPS) is 14.2. The second-order valence-corrected chi connectivity index (χ2v) is 8.20. The highest BCUT2D eigenvalue weighted by molar-refractivity contribution is 7.14. The third-order valence-corrected chi connectivity index (χ3v) is 5.68. The molecule has 0 saturated carbocycles. The Labute approximate surface area is 185 Å². The van der Waals surface area contributed by atoms with Crippen molar-refractivity contribution in [3.63, 3.8) is 0 Å². The van der Waals surface area contributed by atoms with Gasteiger partial charge in [-0.1, -0.05) is 24.3 Å². The molecule has 4 rings (SSSR count). The van der Waals surface area contributed by atoms with Gasteiger partial charge in [0.05, 0.1) is 18.9 Å². The zero-order valence-electron chi connectivity index (χ0n) is 17.3. The van der Waals surface area contributed by atoms with Crippen molar-refractivity contribution in [2.75, 3.05) is 36.9 Å².